The molecule has 1 aromatic carbocycles. The number of hydrogen-bond acceptors (Lipinski definition) is 6. The first-order valence-corrected chi connectivity index (χ1v) is 15.3. The minimum atomic E-state index is -5.08. The second-order valence-electron chi connectivity index (χ2n) is 11.2. The molecule has 3 aliphatic rings. The molecule has 0 aromatic heterocycles. The number of aliphatic carboxylic acids is 1. The summed E-state index contributed by atoms with van der Waals surface area (Å²) in [4.78, 5) is 23.0. The van der Waals surface area contributed by atoms with Crippen molar-refractivity contribution < 1.29 is 58.6 Å². The van der Waals surface area contributed by atoms with Gasteiger partial charge in [0.15, 0.2) is 0 Å². The summed E-state index contributed by atoms with van der Waals surface area (Å²) in [7, 11) is -3.83. The lowest BCUT2D eigenvalue weighted by molar-refractivity contribution is -0.228. The van der Waals surface area contributed by atoms with E-state index in [0.29, 0.717) is 56.7 Å². The number of carbonyl (C=O) groups is 2. The maximum Gasteiger partial charge on any atom is 0.490 e. The first-order chi connectivity index (χ1) is 19.3. The number of rotatable bonds is 8. The number of halogens is 7. The molecule has 1 heterocycles. The number of hydrogen-bond donors (Lipinski definition) is 2. The zero-order valence-corrected chi connectivity index (χ0v) is 23.6. The SMILES string of the molecule is CS(=O)(=O)NC(=O)c1cc(C2CC2)c(OCC2CCN(CC3(C(F)(F)F)CCCC3)CC2)cc1F.O=C(O)C(F)(F)F. The van der Waals surface area contributed by atoms with Crippen LogP contribution in [0.2, 0.25) is 0 Å². The summed E-state index contributed by atoms with van der Waals surface area (Å²) in [6, 6.07) is 2.50. The van der Waals surface area contributed by atoms with Gasteiger partial charge in [0.2, 0.25) is 10.0 Å². The van der Waals surface area contributed by atoms with Crippen molar-refractivity contribution in [3.05, 3.63) is 29.1 Å². The molecule has 2 saturated carbocycles. The van der Waals surface area contributed by atoms with E-state index in [4.69, 9.17) is 14.6 Å². The average Bonchev–Trinajstić information content (AvgIpc) is 3.58. The van der Waals surface area contributed by atoms with Gasteiger partial charge in [-0.15, -0.1) is 0 Å². The third kappa shape index (κ3) is 9.19. The summed E-state index contributed by atoms with van der Waals surface area (Å²) in [5.74, 6) is -4.04. The van der Waals surface area contributed by atoms with Crippen LogP contribution in [-0.2, 0) is 14.8 Å². The molecule has 1 saturated heterocycles. The quantitative estimate of drug-likeness (QED) is 0.376. The van der Waals surface area contributed by atoms with Crippen molar-refractivity contribution in [1.29, 1.82) is 0 Å². The van der Waals surface area contributed by atoms with Gasteiger partial charge in [0.25, 0.3) is 5.91 Å². The summed E-state index contributed by atoms with van der Waals surface area (Å²) in [6.45, 7) is 1.50. The third-order valence-corrected chi connectivity index (χ3v) is 8.31. The van der Waals surface area contributed by atoms with Gasteiger partial charge < -0.3 is 14.7 Å². The molecule has 42 heavy (non-hydrogen) atoms. The van der Waals surface area contributed by atoms with E-state index in [9.17, 15) is 43.9 Å². The normalized spacial score (nSPS) is 20.0. The monoisotopic (exact) mass is 634 g/mol. The number of carboxylic acid groups (broad SMARTS) is 1. The Balaban J connectivity index is 0.000000616. The lowest BCUT2D eigenvalue weighted by Crippen LogP contribution is -2.48. The highest BCUT2D eigenvalue weighted by atomic mass is 32.2. The average molecular weight is 635 g/mol. The molecule has 8 nitrogen and oxygen atoms in total. The van der Waals surface area contributed by atoms with Gasteiger partial charge in [0, 0.05) is 12.6 Å². The van der Waals surface area contributed by atoms with E-state index in [1.54, 1.807) is 4.72 Å². The van der Waals surface area contributed by atoms with Gasteiger partial charge in [0.1, 0.15) is 11.6 Å². The Bertz CT molecular complexity index is 1230. The Morgan fingerprint density at radius 1 is 1.05 bits per heavy atom. The van der Waals surface area contributed by atoms with Crippen LogP contribution in [0.1, 0.15) is 73.2 Å². The Labute approximate surface area is 238 Å². The number of benzene rings is 1. The van der Waals surface area contributed by atoms with Gasteiger partial charge in [-0.1, -0.05) is 12.8 Å². The fraction of sp³-hybridized carbons (Fsp3) is 0.692. The van der Waals surface area contributed by atoms with Crippen LogP contribution in [0.15, 0.2) is 12.1 Å². The fourth-order valence-electron chi connectivity index (χ4n) is 5.34. The second-order valence-corrected chi connectivity index (χ2v) is 12.9. The Morgan fingerprint density at radius 3 is 2.05 bits per heavy atom. The number of carboxylic acids is 1. The van der Waals surface area contributed by atoms with E-state index in [-0.39, 0.29) is 36.8 Å². The Hall–Kier alpha value is -2.62. The van der Waals surface area contributed by atoms with Crippen LogP contribution in [0.25, 0.3) is 0 Å². The van der Waals surface area contributed by atoms with Crippen LogP contribution in [0.3, 0.4) is 0 Å². The zero-order chi connectivity index (χ0) is 31.5. The number of carbonyl (C=O) groups excluding carboxylic acids is 1. The molecule has 0 bridgehead atoms. The van der Waals surface area contributed by atoms with Crippen LogP contribution in [0.5, 0.6) is 5.75 Å². The third-order valence-electron chi connectivity index (χ3n) is 7.75. The standard InChI is InChI=1S/C24H32F4N2O4S.C2HF3O2/c1-35(32,33)29-22(31)19-12-18(17-4-5-17)21(13-20(19)25)34-14-16-6-10-30(11-7-16)15-23(24(26,27)28)8-2-3-9-23;3-2(4,5)1(6)7/h12-13,16-17H,2-11,14-15H2,1H3,(H,29,31);(H,6,7). The fourth-order valence-corrected chi connectivity index (χ4v) is 5.78. The van der Waals surface area contributed by atoms with E-state index in [2.05, 4.69) is 0 Å². The Morgan fingerprint density at radius 2 is 1.60 bits per heavy atom. The largest absolute Gasteiger partial charge is 0.493 e. The predicted molar refractivity (Wildman–Crippen MR) is 136 cm³/mol. The van der Waals surface area contributed by atoms with Crippen molar-refractivity contribution >= 4 is 21.9 Å². The van der Waals surface area contributed by atoms with Crippen LogP contribution in [0.4, 0.5) is 30.7 Å². The molecule has 1 aliphatic heterocycles. The molecule has 4 rings (SSSR count). The van der Waals surface area contributed by atoms with E-state index >= 15 is 0 Å². The first kappa shape index (κ1) is 33.9. The van der Waals surface area contributed by atoms with Crippen LogP contribution < -0.4 is 9.46 Å². The topological polar surface area (TPSA) is 113 Å². The lowest BCUT2D eigenvalue weighted by atomic mass is 9.83. The molecular weight excluding hydrogens is 601 g/mol. The molecule has 2 N–H and O–H groups in total. The van der Waals surface area contributed by atoms with Crippen LogP contribution in [-0.4, -0.2) is 75.2 Å². The summed E-state index contributed by atoms with van der Waals surface area (Å²) >= 11 is 0. The number of sulfonamides is 1. The summed E-state index contributed by atoms with van der Waals surface area (Å²) in [6.07, 6.45) is -3.66. The molecular formula is C26H33F7N2O6S. The smallest absolute Gasteiger partial charge is 0.490 e. The molecule has 238 valence electrons. The van der Waals surface area contributed by atoms with Gasteiger partial charge in [-0.2, -0.15) is 26.3 Å². The minimum absolute atomic E-state index is 0.0537. The van der Waals surface area contributed by atoms with E-state index in [1.165, 1.54) is 6.07 Å². The van der Waals surface area contributed by atoms with Gasteiger partial charge >= 0.3 is 18.3 Å². The second kappa shape index (κ2) is 12.9. The van der Waals surface area contributed by atoms with E-state index < -0.39 is 45.5 Å². The summed E-state index contributed by atoms with van der Waals surface area (Å²) in [5.41, 5.74) is -1.25. The number of likely N-dealkylation sites (tertiary alicyclic amines) is 1. The van der Waals surface area contributed by atoms with Crippen LogP contribution in [0, 0.1) is 17.2 Å². The molecule has 0 radical (unpaired) electrons. The van der Waals surface area contributed by atoms with Gasteiger partial charge in [-0.25, -0.2) is 22.3 Å². The van der Waals surface area contributed by atoms with Crippen molar-refractivity contribution in [3.63, 3.8) is 0 Å². The number of nitrogens with zero attached hydrogens (tertiary/aromatic N) is 1. The molecule has 16 heteroatoms. The highest BCUT2D eigenvalue weighted by Crippen LogP contribution is 2.51. The van der Waals surface area contributed by atoms with E-state index in [1.807, 2.05) is 4.90 Å². The van der Waals surface area contributed by atoms with Crippen molar-refractivity contribution in [3.8, 4) is 5.75 Å². The zero-order valence-electron chi connectivity index (χ0n) is 22.8. The molecule has 0 atom stereocenters. The summed E-state index contributed by atoms with van der Waals surface area (Å²) < 4.78 is 118. The predicted octanol–water partition coefficient (Wildman–Crippen LogP) is 5.24. The number of nitrogens with one attached hydrogen (secondary N) is 1. The van der Waals surface area contributed by atoms with Gasteiger partial charge in [-0.3, -0.25) is 4.79 Å². The molecule has 0 unspecified atom stereocenters. The Kier molecular flexibility index (Phi) is 10.4. The molecule has 0 spiro atoms. The van der Waals surface area contributed by atoms with Crippen molar-refractivity contribution in [1.82, 2.24) is 9.62 Å². The lowest BCUT2D eigenvalue weighted by Gasteiger charge is -2.40. The van der Waals surface area contributed by atoms with Gasteiger partial charge in [-0.05, 0) is 75.1 Å². The number of ether oxygens (including phenoxy) is 1. The maximum atomic E-state index is 14.6. The number of alkyl halides is 6. The molecule has 1 amide bonds. The molecule has 3 fully saturated rings. The van der Waals surface area contributed by atoms with E-state index in [0.717, 1.165) is 25.2 Å². The van der Waals surface area contributed by atoms with Crippen LogP contribution >= 0.6 is 0 Å². The molecule has 1 aromatic rings. The van der Waals surface area contributed by atoms with Crippen molar-refractivity contribution in [2.75, 3.05) is 32.5 Å². The number of piperidine rings is 1. The number of amides is 1. The maximum absolute atomic E-state index is 14.6. The van der Waals surface area contributed by atoms with Gasteiger partial charge in [0.05, 0.1) is 23.8 Å². The van der Waals surface area contributed by atoms with Crippen molar-refractivity contribution in [2.45, 2.75) is 69.6 Å². The minimum Gasteiger partial charge on any atom is -0.493 e. The van der Waals surface area contributed by atoms with Crippen molar-refractivity contribution in [2.24, 2.45) is 11.3 Å². The highest BCUT2D eigenvalue weighted by molar-refractivity contribution is 7.89. The molecule has 2 aliphatic carbocycles. The highest BCUT2D eigenvalue weighted by Gasteiger charge is 2.56. The summed E-state index contributed by atoms with van der Waals surface area (Å²) in [5, 5.41) is 7.12. The first-order valence-electron chi connectivity index (χ1n) is 13.4.